The smallest absolute Gasteiger partial charge is 0.339 e. The molecular formula is C25H21FN4O4S. The van der Waals surface area contributed by atoms with Crippen molar-refractivity contribution in [2.75, 3.05) is 18.2 Å². The van der Waals surface area contributed by atoms with Crippen LogP contribution in [0.25, 0.3) is 5.69 Å². The van der Waals surface area contributed by atoms with Crippen molar-refractivity contribution in [2.24, 2.45) is 0 Å². The fourth-order valence-electron chi connectivity index (χ4n) is 3.22. The van der Waals surface area contributed by atoms with Gasteiger partial charge in [-0.25, -0.2) is 9.18 Å². The van der Waals surface area contributed by atoms with E-state index in [1.165, 1.54) is 31.0 Å². The van der Waals surface area contributed by atoms with Crippen molar-refractivity contribution in [3.63, 3.8) is 0 Å². The largest absolute Gasteiger partial charge is 0.483 e. The molecule has 1 N–H and O–H groups in total. The van der Waals surface area contributed by atoms with Crippen molar-refractivity contribution in [3.8, 4) is 11.4 Å². The van der Waals surface area contributed by atoms with E-state index in [0.717, 1.165) is 5.69 Å². The average molecular weight is 493 g/mol. The quantitative estimate of drug-likeness (QED) is 0.271. The van der Waals surface area contributed by atoms with Crippen LogP contribution < -0.4 is 10.1 Å². The van der Waals surface area contributed by atoms with E-state index in [1.807, 2.05) is 30.3 Å². The molecule has 0 saturated carbocycles. The van der Waals surface area contributed by atoms with E-state index in [9.17, 15) is 14.0 Å². The van der Waals surface area contributed by atoms with Crippen molar-refractivity contribution >= 4 is 29.3 Å². The predicted molar refractivity (Wildman–Crippen MR) is 129 cm³/mol. The van der Waals surface area contributed by atoms with Crippen molar-refractivity contribution in [3.05, 3.63) is 96.1 Å². The maximum Gasteiger partial charge on any atom is 0.339 e. The van der Waals surface area contributed by atoms with Crippen LogP contribution in [0.3, 0.4) is 0 Å². The lowest BCUT2D eigenvalue weighted by molar-refractivity contribution is -0.113. The van der Waals surface area contributed by atoms with Crippen molar-refractivity contribution in [2.45, 2.75) is 11.8 Å². The number of carbonyl (C=O) groups is 2. The number of rotatable bonds is 9. The molecule has 4 aromatic rings. The number of halogens is 1. The van der Waals surface area contributed by atoms with Gasteiger partial charge >= 0.3 is 5.97 Å². The molecule has 1 amide bonds. The van der Waals surface area contributed by atoms with E-state index < -0.39 is 11.8 Å². The zero-order valence-corrected chi connectivity index (χ0v) is 19.5. The number of methoxy groups -OCH3 is 1. The highest BCUT2D eigenvalue weighted by atomic mass is 32.2. The molecule has 178 valence electrons. The second-order valence-corrected chi connectivity index (χ2v) is 8.11. The van der Waals surface area contributed by atoms with Crippen LogP contribution in [-0.4, -0.2) is 39.5 Å². The SMILES string of the molecule is COC(=O)c1ccccc1NC(=O)CSc1nnc(COc2ccccc2F)n1-c1ccccc1. The minimum Gasteiger partial charge on any atom is -0.483 e. The molecule has 0 aliphatic heterocycles. The Morgan fingerprint density at radius 1 is 0.971 bits per heavy atom. The third kappa shape index (κ3) is 5.85. The zero-order valence-electron chi connectivity index (χ0n) is 18.7. The molecule has 0 unspecified atom stereocenters. The van der Waals surface area contributed by atoms with E-state index in [2.05, 4.69) is 15.5 Å². The van der Waals surface area contributed by atoms with Crippen LogP contribution in [0.2, 0.25) is 0 Å². The van der Waals surface area contributed by atoms with Gasteiger partial charge in [-0.2, -0.15) is 0 Å². The summed E-state index contributed by atoms with van der Waals surface area (Å²) in [5.41, 5.74) is 1.38. The third-order valence-electron chi connectivity index (χ3n) is 4.85. The van der Waals surface area contributed by atoms with Crippen LogP contribution in [0.4, 0.5) is 10.1 Å². The van der Waals surface area contributed by atoms with Gasteiger partial charge in [0.25, 0.3) is 0 Å². The van der Waals surface area contributed by atoms with Crippen LogP contribution in [0.15, 0.2) is 84.0 Å². The molecule has 8 nitrogen and oxygen atoms in total. The molecule has 0 radical (unpaired) electrons. The van der Waals surface area contributed by atoms with Gasteiger partial charge in [0.1, 0.15) is 6.61 Å². The summed E-state index contributed by atoms with van der Waals surface area (Å²) in [4.78, 5) is 24.6. The van der Waals surface area contributed by atoms with Gasteiger partial charge in [0.2, 0.25) is 5.91 Å². The highest BCUT2D eigenvalue weighted by Gasteiger charge is 2.18. The molecule has 4 rings (SSSR count). The van der Waals surface area contributed by atoms with Gasteiger partial charge in [-0.05, 0) is 36.4 Å². The lowest BCUT2D eigenvalue weighted by atomic mass is 10.2. The molecule has 0 spiro atoms. The molecule has 3 aromatic carbocycles. The first-order valence-electron chi connectivity index (χ1n) is 10.5. The molecule has 35 heavy (non-hydrogen) atoms. The van der Waals surface area contributed by atoms with Gasteiger partial charge in [-0.3, -0.25) is 9.36 Å². The van der Waals surface area contributed by atoms with E-state index >= 15 is 0 Å². The molecule has 10 heteroatoms. The first-order chi connectivity index (χ1) is 17.1. The minimum absolute atomic E-state index is 0.00858. The van der Waals surface area contributed by atoms with E-state index in [0.29, 0.717) is 16.7 Å². The van der Waals surface area contributed by atoms with Gasteiger partial charge in [-0.15, -0.1) is 10.2 Å². The highest BCUT2D eigenvalue weighted by Crippen LogP contribution is 2.24. The maximum absolute atomic E-state index is 14.0. The van der Waals surface area contributed by atoms with Crippen LogP contribution in [0.5, 0.6) is 5.75 Å². The Balaban J connectivity index is 1.50. The second kappa shape index (κ2) is 11.3. The summed E-state index contributed by atoms with van der Waals surface area (Å²) in [5, 5.41) is 11.6. The zero-order chi connectivity index (χ0) is 24.6. The molecule has 1 aromatic heterocycles. The maximum atomic E-state index is 14.0. The van der Waals surface area contributed by atoms with Gasteiger partial charge in [0, 0.05) is 5.69 Å². The number of esters is 1. The molecule has 0 fully saturated rings. The number of hydrogen-bond donors (Lipinski definition) is 1. The summed E-state index contributed by atoms with van der Waals surface area (Å²) in [6, 6.07) is 22.0. The monoisotopic (exact) mass is 492 g/mol. The number of carbonyl (C=O) groups excluding carboxylic acids is 2. The van der Waals surface area contributed by atoms with Gasteiger partial charge in [0.15, 0.2) is 22.5 Å². The highest BCUT2D eigenvalue weighted by molar-refractivity contribution is 7.99. The van der Waals surface area contributed by atoms with Crippen LogP contribution in [0.1, 0.15) is 16.2 Å². The number of hydrogen-bond acceptors (Lipinski definition) is 7. The number of nitrogens with zero attached hydrogens (tertiary/aromatic N) is 3. The number of para-hydroxylation sites is 3. The average Bonchev–Trinajstić information content (AvgIpc) is 3.30. The van der Waals surface area contributed by atoms with Crippen molar-refractivity contribution < 1.29 is 23.5 Å². The second-order valence-electron chi connectivity index (χ2n) is 7.16. The third-order valence-corrected chi connectivity index (χ3v) is 5.78. The van der Waals surface area contributed by atoms with Crippen LogP contribution in [0, 0.1) is 5.82 Å². The van der Waals surface area contributed by atoms with E-state index in [-0.39, 0.29) is 29.6 Å². The number of anilines is 1. The lowest BCUT2D eigenvalue weighted by Gasteiger charge is -2.12. The van der Waals surface area contributed by atoms with Gasteiger partial charge < -0.3 is 14.8 Å². The predicted octanol–water partition coefficient (Wildman–Crippen LogP) is 4.50. The molecule has 0 bridgehead atoms. The lowest BCUT2D eigenvalue weighted by Crippen LogP contribution is -2.17. The van der Waals surface area contributed by atoms with Gasteiger partial charge in [-0.1, -0.05) is 54.2 Å². The number of benzene rings is 3. The Bertz CT molecular complexity index is 1330. The first-order valence-corrected chi connectivity index (χ1v) is 11.5. The standard InChI is InChI=1S/C25H21FN4O4S/c1-33-24(32)18-11-5-7-13-20(18)27-23(31)16-35-25-29-28-22(30(25)17-9-3-2-4-10-17)15-34-21-14-8-6-12-19(21)26/h2-14H,15-16H2,1H3,(H,27,31). The number of thioether (sulfide) groups is 1. The number of amides is 1. The van der Waals surface area contributed by atoms with E-state index in [4.69, 9.17) is 9.47 Å². The Morgan fingerprint density at radius 2 is 1.69 bits per heavy atom. The minimum atomic E-state index is -0.545. The van der Waals surface area contributed by atoms with Crippen LogP contribution >= 0.6 is 11.8 Å². The normalized spacial score (nSPS) is 10.6. The fraction of sp³-hybridized carbons (Fsp3) is 0.120. The molecule has 1 heterocycles. The Labute approximate surface area is 205 Å². The molecular weight excluding hydrogens is 471 g/mol. The topological polar surface area (TPSA) is 95.3 Å². The summed E-state index contributed by atoms with van der Waals surface area (Å²) in [6.07, 6.45) is 0. The Hall–Kier alpha value is -4.18. The summed E-state index contributed by atoms with van der Waals surface area (Å²) in [5.74, 6) is -0.799. The number of ether oxygens (including phenoxy) is 2. The summed E-state index contributed by atoms with van der Waals surface area (Å²) < 4.78 is 26.1. The van der Waals surface area contributed by atoms with Gasteiger partial charge in [0.05, 0.1) is 24.1 Å². The molecule has 0 aliphatic rings. The Morgan fingerprint density at radius 3 is 2.46 bits per heavy atom. The number of aromatic nitrogens is 3. The Kier molecular flexibility index (Phi) is 7.74. The summed E-state index contributed by atoms with van der Waals surface area (Å²) >= 11 is 1.17. The van der Waals surface area contributed by atoms with Crippen molar-refractivity contribution in [1.29, 1.82) is 0 Å². The first kappa shape index (κ1) is 24.0. The summed E-state index contributed by atoms with van der Waals surface area (Å²) in [7, 11) is 1.28. The number of nitrogens with one attached hydrogen (secondary N) is 1. The van der Waals surface area contributed by atoms with Crippen molar-refractivity contribution in [1.82, 2.24) is 14.8 Å². The molecule has 0 aliphatic carbocycles. The molecule has 0 atom stereocenters. The molecule has 0 saturated heterocycles. The fourth-order valence-corrected chi connectivity index (χ4v) is 4.00. The van der Waals surface area contributed by atoms with Crippen LogP contribution in [-0.2, 0) is 16.1 Å². The summed E-state index contributed by atoms with van der Waals surface area (Å²) in [6.45, 7) is -0.0257. The van der Waals surface area contributed by atoms with E-state index in [1.54, 1.807) is 41.0 Å².